The Labute approximate surface area is 195 Å². The number of amides is 1. The fraction of sp³-hybridized carbons (Fsp3) is 0. The predicted octanol–water partition coefficient (Wildman–Crippen LogP) is 6.51. The van der Waals surface area contributed by atoms with Gasteiger partial charge in [-0.25, -0.2) is 4.39 Å². The van der Waals surface area contributed by atoms with Gasteiger partial charge in [0.25, 0.3) is 17.3 Å². The summed E-state index contributed by atoms with van der Waals surface area (Å²) >= 11 is 6.31. The van der Waals surface area contributed by atoms with Crippen LogP contribution in [0.3, 0.4) is 0 Å². The molecule has 10 nitrogen and oxygen atoms in total. The van der Waals surface area contributed by atoms with Crippen LogP contribution in [-0.4, -0.2) is 15.8 Å². The maximum atomic E-state index is 14.2. The summed E-state index contributed by atoms with van der Waals surface area (Å²) in [4.78, 5) is 33.8. The molecule has 162 valence electrons. The molecule has 0 aliphatic heterocycles. The first-order valence-electron chi connectivity index (χ1n) is 8.57. The highest BCUT2D eigenvalue weighted by Gasteiger charge is 2.24. The average Bonchev–Trinajstić information content (AvgIpc) is 2.75. The van der Waals surface area contributed by atoms with E-state index in [0.717, 1.165) is 23.2 Å². The lowest BCUT2D eigenvalue weighted by molar-refractivity contribution is -0.385. The van der Waals surface area contributed by atoms with Gasteiger partial charge in [-0.1, -0.05) is 17.4 Å². The fourth-order valence-corrected chi connectivity index (χ4v) is 3.49. The van der Waals surface area contributed by atoms with E-state index < -0.39 is 21.6 Å². The molecule has 0 unspecified atom stereocenters. The molecule has 0 aliphatic rings. The standard InChI is InChI=1S/C19H10Br2FN5O5/c20-14-9-11(26(29)30)5-7-17(14)23-24-25(19(28)13-3-1-2-4-16(13)22)18-8-6-12(27(31)32)10-15(18)21/h1-10H. The van der Waals surface area contributed by atoms with E-state index >= 15 is 0 Å². The third-order valence-corrected chi connectivity index (χ3v) is 5.32. The summed E-state index contributed by atoms with van der Waals surface area (Å²) in [5.74, 6) is -1.69. The molecular formula is C19H10Br2FN5O5. The number of benzene rings is 3. The first-order chi connectivity index (χ1) is 15.2. The number of anilines is 1. The third-order valence-electron chi connectivity index (χ3n) is 4.05. The maximum absolute atomic E-state index is 14.2. The van der Waals surface area contributed by atoms with Crippen LogP contribution >= 0.6 is 31.9 Å². The summed E-state index contributed by atoms with van der Waals surface area (Å²) in [5.41, 5.74) is -0.521. The van der Waals surface area contributed by atoms with Crippen LogP contribution in [0.4, 0.5) is 27.1 Å². The van der Waals surface area contributed by atoms with Crippen molar-refractivity contribution in [2.75, 3.05) is 5.01 Å². The van der Waals surface area contributed by atoms with Gasteiger partial charge in [-0.3, -0.25) is 25.0 Å². The number of carbonyl (C=O) groups is 1. The lowest BCUT2D eigenvalue weighted by Gasteiger charge is -2.17. The van der Waals surface area contributed by atoms with Crippen molar-refractivity contribution in [3.63, 3.8) is 0 Å². The predicted molar refractivity (Wildman–Crippen MR) is 119 cm³/mol. The number of halogens is 3. The molecule has 32 heavy (non-hydrogen) atoms. The smallest absolute Gasteiger partial charge is 0.267 e. The minimum absolute atomic E-state index is 0.0608. The van der Waals surface area contributed by atoms with Crippen molar-refractivity contribution in [1.82, 2.24) is 0 Å². The van der Waals surface area contributed by atoms with Gasteiger partial charge in [0.15, 0.2) is 0 Å². The molecule has 0 N–H and O–H groups in total. The minimum Gasteiger partial charge on any atom is -0.267 e. The number of carbonyl (C=O) groups excluding carboxylic acids is 1. The van der Waals surface area contributed by atoms with E-state index in [4.69, 9.17) is 0 Å². The second-order valence-electron chi connectivity index (χ2n) is 6.07. The van der Waals surface area contributed by atoms with E-state index in [1.54, 1.807) is 0 Å². The van der Waals surface area contributed by atoms with E-state index in [-0.39, 0.29) is 37.3 Å². The molecule has 0 aliphatic carbocycles. The quantitative estimate of drug-likeness (QED) is 0.190. The molecule has 0 bridgehead atoms. The Hall–Kier alpha value is -3.58. The normalized spacial score (nSPS) is 10.8. The monoisotopic (exact) mass is 565 g/mol. The molecule has 0 radical (unpaired) electrons. The Morgan fingerprint density at radius 3 is 2.06 bits per heavy atom. The number of rotatable bonds is 6. The van der Waals surface area contributed by atoms with Crippen LogP contribution in [0.5, 0.6) is 0 Å². The van der Waals surface area contributed by atoms with Crippen molar-refractivity contribution < 1.29 is 19.0 Å². The van der Waals surface area contributed by atoms with Gasteiger partial charge in [-0.15, -0.1) is 5.11 Å². The first-order valence-corrected chi connectivity index (χ1v) is 10.2. The van der Waals surface area contributed by atoms with Crippen molar-refractivity contribution in [3.8, 4) is 0 Å². The highest BCUT2D eigenvalue weighted by Crippen LogP contribution is 2.34. The molecule has 0 fully saturated rings. The Morgan fingerprint density at radius 1 is 0.906 bits per heavy atom. The molecule has 0 saturated carbocycles. The number of nitro groups is 2. The number of hydrogen-bond donors (Lipinski definition) is 0. The van der Waals surface area contributed by atoms with Gasteiger partial charge in [0.05, 0.1) is 30.0 Å². The van der Waals surface area contributed by atoms with Gasteiger partial charge >= 0.3 is 0 Å². The van der Waals surface area contributed by atoms with Gasteiger partial charge in [-0.05, 0) is 56.1 Å². The molecule has 0 aromatic heterocycles. The second kappa shape index (κ2) is 9.70. The Balaban J connectivity index is 2.08. The topological polar surface area (TPSA) is 131 Å². The summed E-state index contributed by atoms with van der Waals surface area (Å²) in [7, 11) is 0. The molecular weight excluding hydrogens is 557 g/mol. The van der Waals surface area contributed by atoms with Crippen LogP contribution in [-0.2, 0) is 0 Å². The summed E-state index contributed by atoms with van der Waals surface area (Å²) in [5, 5.41) is 30.5. The van der Waals surface area contributed by atoms with Gasteiger partial charge in [-0.2, -0.15) is 5.01 Å². The first kappa shape index (κ1) is 23.1. The SMILES string of the molecule is O=C(c1ccccc1F)N(N=Nc1ccc([N+](=O)[O-])cc1Br)c1ccc([N+](=O)[O-])cc1Br. The Morgan fingerprint density at radius 2 is 1.50 bits per heavy atom. The molecule has 0 atom stereocenters. The summed E-state index contributed by atoms with van der Waals surface area (Å²) in [6.45, 7) is 0. The van der Waals surface area contributed by atoms with Crippen LogP contribution in [0, 0.1) is 26.0 Å². The number of hydrogen-bond acceptors (Lipinski definition) is 7. The molecule has 0 saturated heterocycles. The largest absolute Gasteiger partial charge is 0.283 e. The maximum Gasteiger partial charge on any atom is 0.283 e. The Kier molecular flexibility index (Phi) is 7.00. The van der Waals surface area contributed by atoms with E-state index in [1.165, 1.54) is 42.5 Å². The lowest BCUT2D eigenvalue weighted by Crippen LogP contribution is -2.26. The zero-order valence-electron chi connectivity index (χ0n) is 15.7. The van der Waals surface area contributed by atoms with Gasteiger partial charge in [0.1, 0.15) is 11.5 Å². The third kappa shape index (κ3) is 5.00. The summed E-state index contributed by atoms with van der Waals surface area (Å²) in [6.07, 6.45) is 0. The van der Waals surface area contributed by atoms with E-state index in [9.17, 15) is 29.4 Å². The molecule has 13 heteroatoms. The van der Waals surface area contributed by atoms with Crippen molar-refractivity contribution >= 4 is 60.5 Å². The van der Waals surface area contributed by atoms with E-state index in [0.29, 0.717) is 0 Å². The van der Waals surface area contributed by atoms with Crippen molar-refractivity contribution in [2.45, 2.75) is 0 Å². The molecule has 3 aromatic rings. The van der Waals surface area contributed by atoms with Crippen LogP contribution < -0.4 is 5.01 Å². The summed E-state index contributed by atoms with van der Waals surface area (Å²) < 4.78 is 14.6. The van der Waals surface area contributed by atoms with Crippen LogP contribution in [0.2, 0.25) is 0 Å². The zero-order chi connectivity index (χ0) is 23.4. The molecule has 3 aromatic carbocycles. The molecule has 3 rings (SSSR count). The van der Waals surface area contributed by atoms with Gasteiger partial charge in [0.2, 0.25) is 0 Å². The van der Waals surface area contributed by atoms with Crippen LogP contribution in [0.25, 0.3) is 0 Å². The van der Waals surface area contributed by atoms with Crippen LogP contribution in [0.15, 0.2) is 79.9 Å². The fourth-order valence-electron chi connectivity index (χ4n) is 2.51. The molecule has 0 heterocycles. The minimum atomic E-state index is -0.889. The number of nitrogens with zero attached hydrogens (tertiary/aromatic N) is 5. The summed E-state index contributed by atoms with van der Waals surface area (Å²) in [6, 6.07) is 12.5. The number of nitro benzene ring substituents is 2. The van der Waals surface area contributed by atoms with Crippen molar-refractivity contribution in [1.29, 1.82) is 0 Å². The van der Waals surface area contributed by atoms with Crippen molar-refractivity contribution in [3.05, 3.63) is 101 Å². The van der Waals surface area contributed by atoms with E-state index in [1.807, 2.05) is 0 Å². The Bertz CT molecular complexity index is 1270. The van der Waals surface area contributed by atoms with E-state index in [2.05, 4.69) is 42.2 Å². The molecule has 1 amide bonds. The average molecular weight is 567 g/mol. The van der Waals surface area contributed by atoms with Crippen LogP contribution in [0.1, 0.15) is 10.4 Å². The number of non-ortho nitro benzene ring substituents is 2. The zero-order valence-corrected chi connectivity index (χ0v) is 18.9. The highest BCUT2D eigenvalue weighted by atomic mass is 79.9. The highest BCUT2D eigenvalue weighted by molar-refractivity contribution is 9.11. The van der Waals surface area contributed by atoms with Gasteiger partial charge < -0.3 is 0 Å². The molecule has 0 spiro atoms. The lowest BCUT2D eigenvalue weighted by atomic mass is 10.2. The van der Waals surface area contributed by atoms with Crippen molar-refractivity contribution in [2.24, 2.45) is 10.3 Å². The second-order valence-corrected chi connectivity index (χ2v) is 7.78. The van der Waals surface area contributed by atoms with Gasteiger partial charge in [0, 0.05) is 24.3 Å².